The van der Waals surface area contributed by atoms with E-state index in [1.165, 1.54) is 0 Å². The van der Waals surface area contributed by atoms with Gasteiger partial charge >= 0.3 is 0 Å². The fourth-order valence-electron chi connectivity index (χ4n) is 3.38. The van der Waals surface area contributed by atoms with Crippen LogP contribution in [0.25, 0.3) is 0 Å². The third-order valence-electron chi connectivity index (χ3n) is 5.29. The first kappa shape index (κ1) is 24.3. The molecule has 0 bridgehead atoms. The van der Waals surface area contributed by atoms with Crippen LogP contribution in [0, 0.1) is 13.8 Å². The van der Waals surface area contributed by atoms with Crippen molar-refractivity contribution < 1.29 is 17.9 Å². The number of nitrogens with one attached hydrogen (secondary N) is 1. The molecule has 0 heterocycles. The Hall–Kier alpha value is -3.32. The van der Waals surface area contributed by atoms with Gasteiger partial charge in [-0.25, -0.2) is 8.42 Å². The molecule has 33 heavy (non-hydrogen) atoms. The van der Waals surface area contributed by atoms with Crippen LogP contribution in [0.2, 0.25) is 0 Å². The van der Waals surface area contributed by atoms with Gasteiger partial charge in [-0.3, -0.25) is 9.10 Å². The van der Waals surface area contributed by atoms with Gasteiger partial charge in [0, 0.05) is 0 Å². The van der Waals surface area contributed by atoms with Crippen LogP contribution in [0.4, 0.5) is 5.69 Å². The van der Waals surface area contributed by atoms with Crippen molar-refractivity contribution in [3.63, 3.8) is 0 Å². The van der Waals surface area contributed by atoms with E-state index in [-0.39, 0.29) is 17.5 Å². The van der Waals surface area contributed by atoms with Crippen LogP contribution in [0.1, 0.15) is 36.6 Å². The second-order valence-corrected chi connectivity index (χ2v) is 9.81. The summed E-state index contributed by atoms with van der Waals surface area (Å²) in [5.74, 6) is 0.363. The highest BCUT2D eigenvalue weighted by atomic mass is 32.2. The summed E-state index contributed by atoms with van der Waals surface area (Å²) in [6.07, 6.45) is 0. The zero-order valence-electron chi connectivity index (χ0n) is 19.4. The lowest BCUT2D eigenvalue weighted by Crippen LogP contribution is -2.41. The molecule has 0 aliphatic carbocycles. The summed E-state index contributed by atoms with van der Waals surface area (Å²) in [6, 6.07) is 20.9. The maximum Gasteiger partial charge on any atom is 0.264 e. The van der Waals surface area contributed by atoms with Crippen molar-refractivity contribution >= 4 is 21.6 Å². The second-order valence-electron chi connectivity index (χ2n) is 7.95. The number of benzene rings is 3. The van der Waals surface area contributed by atoms with Gasteiger partial charge in [0.1, 0.15) is 12.3 Å². The molecule has 1 atom stereocenters. The topological polar surface area (TPSA) is 75.7 Å². The highest BCUT2D eigenvalue weighted by Crippen LogP contribution is 2.25. The zero-order chi connectivity index (χ0) is 24.0. The van der Waals surface area contributed by atoms with Crippen LogP contribution in [0.15, 0.2) is 77.7 Å². The Balaban J connectivity index is 1.83. The first-order valence-corrected chi connectivity index (χ1v) is 12.3. The van der Waals surface area contributed by atoms with Crippen molar-refractivity contribution in [3.8, 4) is 5.75 Å². The molecule has 0 aromatic heterocycles. The van der Waals surface area contributed by atoms with Gasteiger partial charge in [0.25, 0.3) is 10.0 Å². The number of nitrogens with zero attached hydrogens (tertiary/aromatic N) is 1. The van der Waals surface area contributed by atoms with Gasteiger partial charge in [-0.05, 0) is 69.7 Å². The Kier molecular flexibility index (Phi) is 7.76. The summed E-state index contributed by atoms with van der Waals surface area (Å²) in [7, 11) is -3.94. The molecule has 0 spiro atoms. The van der Waals surface area contributed by atoms with Crippen LogP contribution >= 0.6 is 0 Å². The molecule has 0 fully saturated rings. The molecule has 0 saturated heterocycles. The molecule has 3 aromatic rings. The van der Waals surface area contributed by atoms with Crippen molar-refractivity contribution in [1.29, 1.82) is 0 Å². The lowest BCUT2D eigenvalue weighted by Gasteiger charge is -2.25. The molecule has 3 rings (SSSR count). The van der Waals surface area contributed by atoms with Gasteiger partial charge in [0.05, 0.1) is 23.2 Å². The van der Waals surface area contributed by atoms with E-state index in [4.69, 9.17) is 4.74 Å². The predicted octanol–water partition coefficient (Wildman–Crippen LogP) is 4.77. The Morgan fingerprint density at radius 1 is 0.909 bits per heavy atom. The van der Waals surface area contributed by atoms with Crippen molar-refractivity contribution in [1.82, 2.24) is 5.32 Å². The molecular weight excluding hydrogens is 436 g/mol. The monoisotopic (exact) mass is 466 g/mol. The van der Waals surface area contributed by atoms with Crippen LogP contribution in [-0.4, -0.2) is 27.5 Å². The quantitative estimate of drug-likeness (QED) is 0.493. The van der Waals surface area contributed by atoms with E-state index in [1.807, 2.05) is 64.1 Å². The van der Waals surface area contributed by atoms with Crippen molar-refractivity contribution in [2.24, 2.45) is 0 Å². The molecular formula is C26H30N2O4S. The molecule has 0 saturated carbocycles. The van der Waals surface area contributed by atoms with Crippen LogP contribution in [-0.2, 0) is 14.8 Å². The summed E-state index contributed by atoms with van der Waals surface area (Å²) >= 11 is 0. The molecule has 0 aliphatic rings. The molecule has 3 aromatic carbocycles. The number of carbonyl (C=O) groups is 1. The first-order chi connectivity index (χ1) is 15.7. The molecule has 6 nitrogen and oxygen atoms in total. The minimum atomic E-state index is -3.94. The molecule has 7 heteroatoms. The number of anilines is 1. The van der Waals surface area contributed by atoms with Crippen molar-refractivity contribution in [3.05, 3.63) is 89.5 Å². The predicted molar refractivity (Wildman–Crippen MR) is 131 cm³/mol. The number of sulfonamides is 1. The maximum absolute atomic E-state index is 13.5. The number of carbonyl (C=O) groups excluding carboxylic acids is 1. The van der Waals surface area contributed by atoms with Crippen molar-refractivity contribution in [2.75, 3.05) is 17.5 Å². The molecule has 1 amide bonds. The van der Waals surface area contributed by atoms with Crippen LogP contribution in [0.3, 0.4) is 0 Å². The van der Waals surface area contributed by atoms with Crippen LogP contribution < -0.4 is 14.4 Å². The highest BCUT2D eigenvalue weighted by molar-refractivity contribution is 7.92. The average molecular weight is 467 g/mol. The summed E-state index contributed by atoms with van der Waals surface area (Å²) < 4.78 is 33.5. The van der Waals surface area contributed by atoms with E-state index in [0.717, 1.165) is 26.7 Å². The summed E-state index contributed by atoms with van der Waals surface area (Å²) in [5, 5.41) is 2.91. The summed E-state index contributed by atoms with van der Waals surface area (Å²) in [5.41, 5.74) is 3.29. The first-order valence-electron chi connectivity index (χ1n) is 10.9. The molecule has 174 valence electrons. The van der Waals surface area contributed by atoms with Gasteiger partial charge < -0.3 is 10.1 Å². The smallest absolute Gasteiger partial charge is 0.264 e. The average Bonchev–Trinajstić information content (AvgIpc) is 2.79. The Morgan fingerprint density at radius 2 is 1.45 bits per heavy atom. The van der Waals surface area contributed by atoms with Gasteiger partial charge in [-0.2, -0.15) is 0 Å². The third-order valence-corrected chi connectivity index (χ3v) is 7.07. The highest BCUT2D eigenvalue weighted by Gasteiger charge is 2.27. The van der Waals surface area contributed by atoms with E-state index in [2.05, 4.69) is 5.32 Å². The minimum Gasteiger partial charge on any atom is -0.494 e. The SMILES string of the molecule is CCOc1ccc([C@H](C)NC(=O)CN(c2ccc(C)cc2)S(=O)(=O)c2ccc(C)cc2)cc1. The number of hydrogen-bond donors (Lipinski definition) is 1. The Bertz CT molecular complexity index is 1170. The second kappa shape index (κ2) is 10.5. The summed E-state index contributed by atoms with van der Waals surface area (Å²) in [4.78, 5) is 13.1. The lowest BCUT2D eigenvalue weighted by molar-refractivity contribution is -0.120. The standard InChI is InChI=1S/C26H30N2O4S/c1-5-32-24-14-10-22(11-15-24)21(4)27-26(29)18-28(23-12-6-19(2)7-13-23)33(30,31)25-16-8-20(3)9-17-25/h6-17,21H,5,18H2,1-4H3,(H,27,29)/t21-/m0/s1. The van der Waals surface area contributed by atoms with Crippen molar-refractivity contribution in [2.45, 2.75) is 38.6 Å². The molecule has 1 N–H and O–H groups in total. The van der Waals surface area contributed by atoms with Gasteiger partial charge in [-0.15, -0.1) is 0 Å². The van der Waals surface area contributed by atoms with E-state index in [1.54, 1.807) is 36.4 Å². The third kappa shape index (κ3) is 6.14. The zero-order valence-corrected chi connectivity index (χ0v) is 20.2. The normalized spacial score (nSPS) is 12.1. The van der Waals surface area contributed by atoms with Gasteiger partial charge in [0.2, 0.25) is 5.91 Å². The van der Waals surface area contributed by atoms with E-state index in [0.29, 0.717) is 12.3 Å². The number of hydrogen-bond acceptors (Lipinski definition) is 4. The Morgan fingerprint density at radius 3 is 2.00 bits per heavy atom. The summed E-state index contributed by atoms with van der Waals surface area (Å²) in [6.45, 7) is 7.84. The van der Waals surface area contributed by atoms with Gasteiger partial charge in [0.15, 0.2) is 0 Å². The number of ether oxygens (including phenoxy) is 1. The van der Waals surface area contributed by atoms with E-state index >= 15 is 0 Å². The number of aryl methyl sites for hydroxylation is 2. The molecule has 0 radical (unpaired) electrons. The number of rotatable bonds is 9. The van der Waals surface area contributed by atoms with E-state index < -0.39 is 15.9 Å². The van der Waals surface area contributed by atoms with E-state index in [9.17, 15) is 13.2 Å². The number of amides is 1. The molecule has 0 aliphatic heterocycles. The fourth-order valence-corrected chi connectivity index (χ4v) is 4.80. The largest absolute Gasteiger partial charge is 0.494 e. The fraction of sp³-hybridized carbons (Fsp3) is 0.269. The maximum atomic E-state index is 13.5. The molecule has 0 unspecified atom stereocenters. The lowest BCUT2D eigenvalue weighted by atomic mass is 10.1. The Labute approximate surface area is 196 Å². The van der Waals surface area contributed by atoms with Crippen LogP contribution in [0.5, 0.6) is 5.75 Å². The van der Waals surface area contributed by atoms with Gasteiger partial charge in [-0.1, -0.05) is 47.5 Å². The minimum absolute atomic E-state index is 0.140.